The van der Waals surface area contributed by atoms with Crippen molar-refractivity contribution in [3.8, 4) is 17.2 Å². The molecule has 4 aromatic rings. The highest BCUT2D eigenvalue weighted by Gasteiger charge is 2.45. The standard InChI is InChI=1S/C30H25N3O5/c1-36-22-11-8-19(9-12-22)16-32-29(34)27-23-6-2-3-7-24(23)30(35)33(28(27)20-5-4-14-31-17-20)21-10-13-25-26(15-21)38-18-37-25/h2-15,17,27-28H,16,18H2,1H3,(H,32,34)/t27-,28+/m0/s1. The summed E-state index contributed by atoms with van der Waals surface area (Å²) >= 11 is 0. The van der Waals surface area contributed by atoms with Crippen LogP contribution >= 0.6 is 0 Å². The first-order valence-electron chi connectivity index (χ1n) is 12.3. The van der Waals surface area contributed by atoms with Crippen molar-refractivity contribution in [2.24, 2.45) is 0 Å². The van der Waals surface area contributed by atoms with Crippen LogP contribution < -0.4 is 24.4 Å². The zero-order valence-electron chi connectivity index (χ0n) is 20.7. The predicted molar refractivity (Wildman–Crippen MR) is 140 cm³/mol. The Morgan fingerprint density at radius 1 is 1.03 bits per heavy atom. The van der Waals surface area contributed by atoms with Crippen molar-refractivity contribution in [1.29, 1.82) is 0 Å². The SMILES string of the molecule is COc1ccc(CNC(=O)[C@H]2c3ccccc3C(=O)N(c3ccc4c(c3)OCO4)[C@@H]2c2cccnc2)cc1. The van der Waals surface area contributed by atoms with Gasteiger partial charge in [0.25, 0.3) is 5.91 Å². The smallest absolute Gasteiger partial charge is 0.259 e. The fourth-order valence-electron chi connectivity index (χ4n) is 5.07. The normalized spacial score (nSPS) is 17.6. The third-order valence-corrected chi connectivity index (χ3v) is 6.91. The van der Waals surface area contributed by atoms with Gasteiger partial charge in [0.2, 0.25) is 12.7 Å². The molecule has 2 aliphatic heterocycles. The summed E-state index contributed by atoms with van der Waals surface area (Å²) in [7, 11) is 1.61. The van der Waals surface area contributed by atoms with E-state index in [4.69, 9.17) is 14.2 Å². The van der Waals surface area contributed by atoms with Gasteiger partial charge in [-0.15, -0.1) is 0 Å². The van der Waals surface area contributed by atoms with Gasteiger partial charge < -0.3 is 19.5 Å². The fraction of sp³-hybridized carbons (Fsp3) is 0.167. The van der Waals surface area contributed by atoms with E-state index < -0.39 is 12.0 Å². The third-order valence-electron chi connectivity index (χ3n) is 6.91. The Labute approximate surface area is 219 Å². The van der Waals surface area contributed by atoms with Gasteiger partial charge in [-0.25, -0.2) is 0 Å². The second-order valence-electron chi connectivity index (χ2n) is 9.07. The average molecular weight is 508 g/mol. The van der Waals surface area contributed by atoms with Gasteiger partial charge >= 0.3 is 0 Å². The molecule has 38 heavy (non-hydrogen) atoms. The minimum absolute atomic E-state index is 0.123. The molecule has 8 nitrogen and oxygen atoms in total. The van der Waals surface area contributed by atoms with Crippen molar-refractivity contribution in [3.63, 3.8) is 0 Å². The van der Waals surface area contributed by atoms with E-state index in [0.717, 1.165) is 16.9 Å². The molecule has 0 radical (unpaired) electrons. The molecule has 0 bridgehead atoms. The van der Waals surface area contributed by atoms with E-state index in [0.29, 0.717) is 34.9 Å². The number of aromatic nitrogens is 1. The van der Waals surface area contributed by atoms with E-state index in [1.165, 1.54) is 0 Å². The van der Waals surface area contributed by atoms with Crippen LogP contribution in [0.15, 0.2) is 91.3 Å². The topological polar surface area (TPSA) is 90.0 Å². The Bertz CT molecular complexity index is 1490. The number of nitrogens with zero attached hydrogens (tertiary/aromatic N) is 2. The van der Waals surface area contributed by atoms with E-state index in [1.54, 1.807) is 42.6 Å². The molecule has 0 saturated carbocycles. The Kier molecular flexibility index (Phi) is 6.13. The van der Waals surface area contributed by atoms with E-state index >= 15 is 0 Å². The molecule has 2 atom stereocenters. The van der Waals surface area contributed by atoms with E-state index in [9.17, 15) is 9.59 Å². The number of ether oxygens (including phenoxy) is 3. The molecular formula is C30H25N3O5. The molecule has 1 N–H and O–H groups in total. The second-order valence-corrected chi connectivity index (χ2v) is 9.07. The van der Waals surface area contributed by atoms with Crippen LogP contribution in [0.3, 0.4) is 0 Å². The highest BCUT2D eigenvalue weighted by molar-refractivity contribution is 6.11. The maximum Gasteiger partial charge on any atom is 0.259 e. The molecule has 8 heteroatoms. The number of carbonyl (C=O) groups excluding carboxylic acids is 2. The van der Waals surface area contributed by atoms with Crippen molar-refractivity contribution >= 4 is 17.5 Å². The highest BCUT2D eigenvalue weighted by Crippen LogP contribution is 2.46. The largest absolute Gasteiger partial charge is 0.497 e. The van der Waals surface area contributed by atoms with Crippen LogP contribution in [0.4, 0.5) is 5.69 Å². The van der Waals surface area contributed by atoms with Crippen LogP contribution in [0, 0.1) is 0 Å². The summed E-state index contributed by atoms with van der Waals surface area (Å²) in [5.74, 6) is 0.838. The third kappa shape index (κ3) is 4.20. The lowest BCUT2D eigenvalue weighted by Gasteiger charge is -2.41. The summed E-state index contributed by atoms with van der Waals surface area (Å²) in [5.41, 5.74) is 3.45. The highest BCUT2D eigenvalue weighted by atomic mass is 16.7. The molecule has 0 aliphatic carbocycles. The maximum absolute atomic E-state index is 14.0. The summed E-state index contributed by atoms with van der Waals surface area (Å²) in [6, 6.07) is 23.3. The molecule has 0 unspecified atom stereocenters. The first-order valence-corrected chi connectivity index (χ1v) is 12.3. The predicted octanol–water partition coefficient (Wildman–Crippen LogP) is 4.62. The van der Waals surface area contributed by atoms with Crippen LogP contribution in [0.1, 0.15) is 39.0 Å². The molecule has 190 valence electrons. The summed E-state index contributed by atoms with van der Waals surface area (Å²) < 4.78 is 16.3. The first-order chi connectivity index (χ1) is 18.6. The van der Waals surface area contributed by atoms with Crippen molar-refractivity contribution < 1.29 is 23.8 Å². The minimum atomic E-state index is -0.684. The van der Waals surface area contributed by atoms with Gasteiger partial charge in [-0.1, -0.05) is 36.4 Å². The zero-order chi connectivity index (χ0) is 26.1. The fourth-order valence-corrected chi connectivity index (χ4v) is 5.07. The number of methoxy groups -OCH3 is 1. The second kappa shape index (κ2) is 9.89. The number of hydrogen-bond acceptors (Lipinski definition) is 6. The molecule has 0 fully saturated rings. The number of carbonyl (C=O) groups is 2. The average Bonchev–Trinajstić information content (AvgIpc) is 3.44. The number of benzene rings is 3. The lowest BCUT2D eigenvalue weighted by Crippen LogP contribution is -2.47. The summed E-state index contributed by atoms with van der Waals surface area (Å²) in [4.78, 5) is 33.9. The maximum atomic E-state index is 14.0. The number of fused-ring (bicyclic) bond motifs is 2. The number of amides is 2. The van der Waals surface area contributed by atoms with Gasteiger partial charge in [0, 0.05) is 36.3 Å². The van der Waals surface area contributed by atoms with Crippen LogP contribution in [0.2, 0.25) is 0 Å². The van der Waals surface area contributed by atoms with E-state index in [2.05, 4.69) is 10.3 Å². The summed E-state index contributed by atoms with van der Waals surface area (Å²) in [5, 5.41) is 3.09. The number of rotatable bonds is 6. The first kappa shape index (κ1) is 23.5. The number of nitrogens with one attached hydrogen (secondary N) is 1. The molecule has 0 spiro atoms. The molecule has 3 aromatic carbocycles. The van der Waals surface area contributed by atoms with Crippen molar-refractivity contribution in [2.75, 3.05) is 18.8 Å². The Morgan fingerprint density at radius 3 is 2.63 bits per heavy atom. The van der Waals surface area contributed by atoms with E-state index in [-0.39, 0.29) is 18.6 Å². The van der Waals surface area contributed by atoms with Gasteiger partial charge in [0.1, 0.15) is 5.75 Å². The van der Waals surface area contributed by atoms with Gasteiger partial charge in [0.05, 0.1) is 19.1 Å². The van der Waals surface area contributed by atoms with Crippen LogP contribution in [0.25, 0.3) is 0 Å². The molecule has 2 amide bonds. The van der Waals surface area contributed by atoms with E-state index in [1.807, 2.05) is 60.7 Å². The lowest BCUT2D eigenvalue weighted by molar-refractivity contribution is -0.123. The minimum Gasteiger partial charge on any atom is -0.497 e. The zero-order valence-corrected chi connectivity index (χ0v) is 20.7. The molecule has 6 rings (SSSR count). The summed E-state index contributed by atoms with van der Waals surface area (Å²) in [6.07, 6.45) is 3.38. The molecule has 2 aliphatic rings. The van der Waals surface area contributed by atoms with Crippen molar-refractivity contribution in [2.45, 2.75) is 18.5 Å². The lowest BCUT2D eigenvalue weighted by atomic mass is 9.79. The monoisotopic (exact) mass is 507 g/mol. The molecule has 3 heterocycles. The number of pyridine rings is 1. The Morgan fingerprint density at radius 2 is 1.84 bits per heavy atom. The van der Waals surface area contributed by atoms with Crippen molar-refractivity contribution in [1.82, 2.24) is 10.3 Å². The Hall–Kier alpha value is -4.85. The van der Waals surface area contributed by atoms with Gasteiger partial charge in [-0.2, -0.15) is 0 Å². The van der Waals surface area contributed by atoms with Crippen LogP contribution in [-0.2, 0) is 11.3 Å². The quantitative estimate of drug-likeness (QED) is 0.410. The number of anilines is 1. The van der Waals surface area contributed by atoms with Crippen LogP contribution in [0.5, 0.6) is 17.2 Å². The Balaban J connectivity index is 1.43. The number of hydrogen-bond donors (Lipinski definition) is 1. The van der Waals surface area contributed by atoms with Crippen molar-refractivity contribution in [3.05, 3.63) is 114 Å². The molecule has 0 saturated heterocycles. The molecule has 1 aromatic heterocycles. The summed E-state index contributed by atoms with van der Waals surface area (Å²) in [6.45, 7) is 0.456. The van der Waals surface area contributed by atoms with Crippen LogP contribution in [-0.4, -0.2) is 30.7 Å². The van der Waals surface area contributed by atoms with Gasteiger partial charge in [-0.3, -0.25) is 19.5 Å². The van der Waals surface area contributed by atoms with Gasteiger partial charge in [0.15, 0.2) is 11.5 Å². The van der Waals surface area contributed by atoms with Gasteiger partial charge in [-0.05, 0) is 53.1 Å². The molecular weight excluding hydrogens is 482 g/mol.